The van der Waals surface area contributed by atoms with Crippen LogP contribution in [-0.2, 0) is 14.4 Å². The highest BCUT2D eigenvalue weighted by atomic mass is 35.5. The third-order valence-corrected chi connectivity index (χ3v) is 2.50. The van der Waals surface area contributed by atoms with E-state index in [9.17, 15) is 14.4 Å². The molecule has 0 N–H and O–H groups in total. The van der Waals surface area contributed by atoms with Gasteiger partial charge in [-0.1, -0.05) is 19.8 Å². The minimum atomic E-state index is -0.818. The third-order valence-electron chi connectivity index (χ3n) is 2.25. The second-order valence-corrected chi connectivity index (χ2v) is 3.71. The van der Waals surface area contributed by atoms with Gasteiger partial charge in [0, 0.05) is 12.2 Å². The normalized spacial score (nSPS) is 17.3. The fraction of sp³-hybridized carbons (Fsp3) is 0.500. The number of carbonyl (C=O) groups excluding carboxylic acids is 3. The lowest BCUT2D eigenvalue weighted by atomic mass is 10.1. The first-order valence-electron chi connectivity index (χ1n) is 4.82. The summed E-state index contributed by atoms with van der Waals surface area (Å²) in [7, 11) is 0. The molecular formula is C10H12ClNO3. The molecule has 0 fully saturated rings. The van der Waals surface area contributed by atoms with E-state index in [4.69, 9.17) is 11.6 Å². The van der Waals surface area contributed by atoms with Crippen molar-refractivity contribution >= 4 is 28.7 Å². The smallest absolute Gasteiger partial charge is 0.254 e. The second-order valence-electron chi connectivity index (χ2n) is 3.34. The van der Waals surface area contributed by atoms with E-state index in [0.29, 0.717) is 6.42 Å². The number of halogens is 1. The third kappa shape index (κ3) is 2.65. The van der Waals surface area contributed by atoms with Crippen LogP contribution in [0.5, 0.6) is 0 Å². The van der Waals surface area contributed by atoms with Crippen molar-refractivity contribution in [3.63, 3.8) is 0 Å². The van der Waals surface area contributed by atoms with Gasteiger partial charge in [0.1, 0.15) is 6.04 Å². The van der Waals surface area contributed by atoms with Crippen LogP contribution in [0.3, 0.4) is 0 Å². The Morgan fingerprint density at radius 3 is 2.33 bits per heavy atom. The van der Waals surface area contributed by atoms with Gasteiger partial charge in [-0.3, -0.25) is 19.3 Å². The van der Waals surface area contributed by atoms with E-state index in [1.54, 1.807) is 0 Å². The average molecular weight is 230 g/mol. The Kier molecular flexibility index (Phi) is 4.03. The number of carbonyl (C=O) groups is 3. The molecule has 4 nitrogen and oxygen atoms in total. The van der Waals surface area contributed by atoms with E-state index in [0.717, 1.165) is 29.9 Å². The second kappa shape index (κ2) is 5.07. The molecule has 0 spiro atoms. The largest absolute Gasteiger partial charge is 0.279 e. The van der Waals surface area contributed by atoms with Gasteiger partial charge in [0.2, 0.25) is 5.24 Å². The van der Waals surface area contributed by atoms with Crippen LogP contribution in [0.2, 0.25) is 0 Å². The Morgan fingerprint density at radius 1 is 1.40 bits per heavy atom. The minimum absolute atomic E-state index is 0.429. The van der Waals surface area contributed by atoms with Crippen molar-refractivity contribution in [1.82, 2.24) is 4.90 Å². The predicted molar refractivity (Wildman–Crippen MR) is 55.2 cm³/mol. The van der Waals surface area contributed by atoms with Crippen LogP contribution in [-0.4, -0.2) is 28.0 Å². The van der Waals surface area contributed by atoms with Crippen LogP contribution >= 0.6 is 11.6 Å². The number of imide groups is 1. The fourth-order valence-corrected chi connectivity index (χ4v) is 1.67. The van der Waals surface area contributed by atoms with E-state index < -0.39 is 23.1 Å². The lowest BCUT2D eigenvalue weighted by Crippen LogP contribution is -2.43. The van der Waals surface area contributed by atoms with E-state index in [1.807, 2.05) is 6.92 Å². The topological polar surface area (TPSA) is 54.5 Å². The van der Waals surface area contributed by atoms with Crippen molar-refractivity contribution in [2.75, 3.05) is 0 Å². The summed E-state index contributed by atoms with van der Waals surface area (Å²) in [5, 5.41) is -0.658. The SMILES string of the molecule is CCCCC(C(=O)Cl)N1C(=O)C=CC1=O. The molecule has 5 heteroatoms. The Balaban J connectivity index is 2.76. The average Bonchev–Trinajstić information content (AvgIpc) is 2.49. The predicted octanol–water partition coefficient (Wildman–Crippen LogP) is 1.24. The zero-order chi connectivity index (χ0) is 11.4. The van der Waals surface area contributed by atoms with Crippen molar-refractivity contribution < 1.29 is 14.4 Å². The molecule has 82 valence electrons. The van der Waals surface area contributed by atoms with Crippen LogP contribution in [0.1, 0.15) is 26.2 Å². The van der Waals surface area contributed by atoms with Crippen molar-refractivity contribution in [3.05, 3.63) is 12.2 Å². The number of unbranched alkanes of at least 4 members (excludes halogenated alkanes) is 1. The highest BCUT2D eigenvalue weighted by Gasteiger charge is 2.34. The molecule has 1 aliphatic heterocycles. The first-order chi connectivity index (χ1) is 7.07. The van der Waals surface area contributed by atoms with Gasteiger partial charge in [-0.05, 0) is 18.0 Å². The van der Waals surface area contributed by atoms with E-state index in [1.165, 1.54) is 0 Å². The first-order valence-corrected chi connectivity index (χ1v) is 5.20. The highest BCUT2D eigenvalue weighted by molar-refractivity contribution is 6.65. The summed E-state index contributed by atoms with van der Waals surface area (Å²) in [6.07, 6.45) is 4.37. The molecule has 0 radical (unpaired) electrons. The molecule has 0 bridgehead atoms. The van der Waals surface area contributed by atoms with Crippen molar-refractivity contribution in [2.24, 2.45) is 0 Å². The van der Waals surface area contributed by atoms with Gasteiger partial charge in [0.25, 0.3) is 11.8 Å². The first kappa shape index (κ1) is 11.9. The van der Waals surface area contributed by atoms with Crippen LogP contribution in [0.25, 0.3) is 0 Å². The maximum Gasteiger partial charge on any atom is 0.254 e. The van der Waals surface area contributed by atoms with Gasteiger partial charge < -0.3 is 0 Å². The molecule has 0 aromatic carbocycles. The van der Waals surface area contributed by atoms with E-state index >= 15 is 0 Å². The van der Waals surface area contributed by atoms with Crippen LogP contribution < -0.4 is 0 Å². The Hall–Kier alpha value is -1.16. The fourth-order valence-electron chi connectivity index (χ4n) is 1.46. The molecule has 1 unspecified atom stereocenters. The summed E-state index contributed by atoms with van der Waals surface area (Å²) in [5.74, 6) is -0.926. The molecule has 15 heavy (non-hydrogen) atoms. The van der Waals surface area contributed by atoms with Gasteiger partial charge in [-0.25, -0.2) is 0 Å². The molecule has 0 saturated carbocycles. The number of hydrogen-bond donors (Lipinski definition) is 0. The van der Waals surface area contributed by atoms with Crippen molar-refractivity contribution in [2.45, 2.75) is 32.2 Å². The summed E-state index contributed by atoms with van der Waals surface area (Å²) < 4.78 is 0. The number of hydrogen-bond acceptors (Lipinski definition) is 3. The number of nitrogens with zero attached hydrogens (tertiary/aromatic N) is 1. The zero-order valence-electron chi connectivity index (χ0n) is 8.40. The molecule has 2 amide bonds. The lowest BCUT2D eigenvalue weighted by Gasteiger charge is -2.22. The van der Waals surface area contributed by atoms with Crippen molar-refractivity contribution in [1.29, 1.82) is 0 Å². The van der Waals surface area contributed by atoms with Gasteiger partial charge >= 0.3 is 0 Å². The molecule has 1 rings (SSSR count). The summed E-state index contributed by atoms with van der Waals surface area (Å²) >= 11 is 5.38. The Bertz CT molecular complexity index is 307. The zero-order valence-corrected chi connectivity index (χ0v) is 9.16. The molecule has 0 aromatic heterocycles. The van der Waals surface area contributed by atoms with Crippen LogP contribution in [0, 0.1) is 0 Å². The maximum atomic E-state index is 11.3. The van der Waals surface area contributed by atoms with Gasteiger partial charge in [-0.2, -0.15) is 0 Å². The molecule has 0 aromatic rings. The van der Waals surface area contributed by atoms with E-state index in [-0.39, 0.29) is 0 Å². The monoisotopic (exact) mass is 229 g/mol. The van der Waals surface area contributed by atoms with Crippen molar-refractivity contribution in [3.8, 4) is 0 Å². The molecule has 1 aliphatic rings. The van der Waals surface area contributed by atoms with Crippen LogP contribution in [0.4, 0.5) is 0 Å². The Labute approximate surface area is 92.9 Å². The summed E-state index contributed by atoms with van der Waals surface area (Å²) in [6.45, 7) is 1.96. The summed E-state index contributed by atoms with van der Waals surface area (Å²) in [6, 6.07) is -0.818. The van der Waals surface area contributed by atoms with Gasteiger partial charge in [0.05, 0.1) is 0 Å². The molecule has 0 saturated heterocycles. The number of amides is 2. The summed E-state index contributed by atoms with van der Waals surface area (Å²) in [5.41, 5.74) is 0. The standard InChI is InChI=1S/C10H12ClNO3/c1-2-3-4-7(10(11)15)12-8(13)5-6-9(12)14/h5-7H,2-4H2,1H3. The molecular weight excluding hydrogens is 218 g/mol. The van der Waals surface area contributed by atoms with Crippen LogP contribution in [0.15, 0.2) is 12.2 Å². The number of rotatable bonds is 5. The molecule has 1 heterocycles. The Morgan fingerprint density at radius 2 is 1.93 bits per heavy atom. The van der Waals surface area contributed by atoms with Gasteiger partial charge in [0.15, 0.2) is 0 Å². The minimum Gasteiger partial charge on any atom is -0.279 e. The molecule has 1 atom stereocenters. The maximum absolute atomic E-state index is 11.3. The quantitative estimate of drug-likeness (QED) is 0.526. The molecule has 0 aliphatic carbocycles. The lowest BCUT2D eigenvalue weighted by molar-refractivity contribution is -0.143. The summed E-state index contributed by atoms with van der Waals surface area (Å²) in [4.78, 5) is 34.6. The van der Waals surface area contributed by atoms with Gasteiger partial charge in [-0.15, -0.1) is 0 Å². The van der Waals surface area contributed by atoms with E-state index in [2.05, 4.69) is 0 Å². The highest BCUT2D eigenvalue weighted by Crippen LogP contribution is 2.16.